The van der Waals surface area contributed by atoms with Crippen LogP contribution in [0.1, 0.15) is 26.7 Å². The van der Waals surface area contributed by atoms with E-state index in [0.717, 1.165) is 0 Å². The first-order chi connectivity index (χ1) is 10.0. The number of carbonyl (C=O) groups is 1. The largest absolute Gasteiger partial charge is 0.466 e. The molecular formula is C13H25N3O4S. The van der Waals surface area contributed by atoms with Crippen LogP contribution in [0, 0.1) is 5.92 Å². The first-order valence-corrected chi connectivity index (χ1v) is 9.04. The molecular weight excluding hydrogens is 294 g/mol. The lowest BCUT2D eigenvalue weighted by Crippen LogP contribution is -2.62. The Morgan fingerprint density at radius 2 is 2.10 bits per heavy atom. The van der Waals surface area contributed by atoms with Crippen LogP contribution in [-0.4, -0.2) is 68.4 Å². The van der Waals surface area contributed by atoms with Crippen LogP contribution in [-0.2, 0) is 19.7 Å². The monoisotopic (exact) mass is 319 g/mol. The zero-order valence-electron chi connectivity index (χ0n) is 12.7. The number of hydrogen-bond donors (Lipinski definition) is 1. The maximum atomic E-state index is 12.7. The minimum atomic E-state index is -3.50. The lowest BCUT2D eigenvalue weighted by Gasteiger charge is -2.41. The number of rotatable bonds is 6. The third kappa shape index (κ3) is 3.56. The SMILES string of the molecule is CCOC(=O)C1CCCN(S(=O)(=O)N(CC)C2CNC2)C1. The molecule has 0 aromatic heterocycles. The van der Waals surface area contributed by atoms with Gasteiger partial charge in [-0.25, -0.2) is 0 Å². The van der Waals surface area contributed by atoms with E-state index in [2.05, 4.69) is 5.32 Å². The topological polar surface area (TPSA) is 79.0 Å². The molecule has 0 aromatic carbocycles. The van der Waals surface area contributed by atoms with Gasteiger partial charge in [-0.1, -0.05) is 6.92 Å². The van der Waals surface area contributed by atoms with E-state index in [1.165, 1.54) is 8.61 Å². The molecule has 2 aliphatic heterocycles. The number of likely N-dealkylation sites (N-methyl/N-ethyl adjacent to an activating group) is 1. The fourth-order valence-corrected chi connectivity index (χ4v) is 4.72. The van der Waals surface area contributed by atoms with Crippen molar-refractivity contribution in [2.75, 3.05) is 39.3 Å². The Bertz CT molecular complexity index is 464. The number of nitrogens with zero attached hydrogens (tertiary/aromatic N) is 2. The first-order valence-electron chi connectivity index (χ1n) is 7.65. The van der Waals surface area contributed by atoms with Gasteiger partial charge in [0.05, 0.1) is 18.6 Å². The molecule has 1 atom stereocenters. The van der Waals surface area contributed by atoms with Crippen molar-refractivity contribution >= 4 is 16.2 Å². The Balaban J connectivity index is 2.06. The van der Waals surface area contributed by atoms with Gasteiger partial charge in [-0.2, -0.15) is 17.0 Å². The van der Waals surface area contributed by atoms with E-state index in [-0.39, 0.29) is 24.5 Å². The highest BCUT2D eigenvalue weighted by Gasteiger charge is 2.39. The van der Waals surface area contributed by atoms with Crippen molar-refractivity contribution in [1.82, 2.24) is 13.9 Å². The molecule has 0 aliphatic carbocycles. The van der Waals surface area contributed by atoms with E-state index < -0.39 is 10.2 Å². The number of piperidine rings is 1. The molecule has 0 aromatic rings. The lowest BCUT2D eigenvalue weighted by atomic mass is 10.0. The van der Waals surface area contributed by atoms with Gasteiger partial charge in [0.25, 0.3) is 10.2 Å². The standard InChI is InChI=1S/C13H25N3O4S/c1-3-16(12-8-14-9-12)21(18,19)15-7-5-6-11(10-15)13(17)20-4-2/h11-12,14H,3-10H2,1-2H3. The number of nitrogens with one attached hydrogen (secondary N) is 1. The average Bonchev–Trinajstić information content (AvgIpc) is 2.42. The summed E-state index contributed by atoms with van der Waals surface area (Å²) in [5, 5.41) is 3.10. The second-order valence-corrected chi connectivity index (χ2v) is 7.35. The van der Waals surface area contributed by atoms with Crippen LogP contribution in [0.5, 0.6) is 0 Å². The van der Waals surface area contributed by atoms with Gasteiger partial charge in [0, 0.05) is 32.7 Å². The van der Waals surface area contributed by atoms with Gasteiger partial charge in [0.15, 0.2) is 0 Å². The molecule has 2 rings (SSSR count). The molecule has 2 heterocycles. The Kier molecular flexibility index (Phi) is 5.59. The summed E-state index contributed by atoms with van der Waals surface area (Å²) in [7, 11) is -3.50. The van der Waals surface area contributed by atoms with E-state index in [9.17, 15) is 13.2 Å². The second-order valence-electron chi connectivity index (χ2n) is 5.47. The molecule has 0 spiro atoms. The summed E-state index contributed by atoms with van der Waals surface area (Å²) in [6.45, 7) is 6.50. The molecule has 2 aliphatic rings. The highest BCUT2D eigenvalue weighted by molar-refractivity contribution is 7.86. The van der Waals surface area contributed by atoms with E-state index in [1.807, 2.05) is 6.92 Å². The van der Waals surface area contributed by atoms with Crippen molar-refractivity contribution in [2.45, 2.75) is 32.7 Å². The van der Waals surface area contributed by atoms with Crippen molar-refractivity contribution in [3.63, 3.8) is 0 Å². The molecule has 2 fully saturated rings. The maximum absolute atomic E-state index is 12.7. The van der Waals surface area contributed by atoms with Gasteiger partial charge in [-0.3, -0.25) is 4.79 Å². The predicted octanol–water partition coefficient (Wildman–Crippen LogP) is -0.200. The molecule has 2 saturated heterocycles. The van der Waals surface area contributed by atoms with Gasteiger partial charge < -0.3 is 10.1 Å². The number of esters is 1. The molecule has 8 heteroatoms. The zero-order chi connectivity index (χ0) is 15.5. The average molecular weight is 319 g/mol. The van der Waals surface area contributed by atoms with E-state index in [4.69, 9.17) is 4.74 Å². The predicted molar refractivity (Wildman–Crippen MR) is 78.9 cm³/mol. The van der Waals surface area contributed by atoms with Crippen LogP contribution in [0.25, 0.3) is 0 Å². The summed E-state index contributed by atoms with van der Waals surface area (Å²) in [4.78, 5) is 11.8. The van der Waals surface area contributed by atoms with Crippen LogP contribution in [0.15, 0.2) is 0 Å². The van der Waals surface area contributed by atoms with Crippen molar-refractivity contribution in [2.24, 2.45) is 5.92 Å². The van der Waals surface area contributed by atoms with Crippen LogP contribution >= 0.6 is 0 Å². The maximum Gasteiger partial charge on any atom is 0.310 e. The Labute approximate surface area is 126 Å². The van der Waals surface area contributed by atoms with E-state index in [1.54, 1.807) is 6.92 Å². The molecule has 1 N–H and O–H groups in total. The van der Waals surface area contributed by atoms with E-state index >= 15 is 0 Å². The fourth-order valence-electron chi connectivity index (χ4n) is 2.84. The number of carbonyl (C=O) groups excluding carboxylic acids is 1. The molecule has 7 nitrogen and oxygen atoms in total. The lowest BCUT2D eigenvalue weighted by molar-refractivity contribution is -0.149. The minimum Gasteiger partial charge on any atom is -0.466 e. The van der Waals surface area contributed by atoms with Gasteiger partial charge in [-0.15, -0.1) is 0 Å². The van der Waals surface area contributed by atoms with Crippen LogP contribution in [0.2, 0.25) is 0 Å². The third-order valence-electron chi connectivity index (χ3n) is 4.11. The van der Waals surface area contributed by atoms with Crippen molar-refractivity contribution in [1.29, 1.82) is 0 Å². The summed E-state index contributed by atoms with van der Waals surface area (Å²) in [6.07, 6.45) is 1.39. The molecule has 0 bridgehead atoms. The fraction of sp³-hybridized carbons (Fsp3) is 0.923. The highest BCUT2D eigenvalue weighted by atomic mass is 32.2. The van der Waals surface area contributed by atoms with Crippen molar-refractivity contribution in [3.05, 3.63) is 0 Å². The van der Waals surface area contributed by atoms with Gasteiger partial charge in [-0.05, 0) is 19.8 Å². The Morgan fingerprint density at radius 1 is 1.38 bits per heavy atom. The van der Waals surface area contributed by atoms with Crippen molar-refractivity contribution < 1.29 is 17.9 Å². The third-order valence-corrected chi connectivity index (χ3v) is 6.24. The Morgan fingerprint density at radius 3 is 2.62 bits per heavy atom. The van der Waals surface area contributed by atoms with Crippen LogP contribution in [0.3, 0.4) is 0 Å². The van der Waals surface area contributed by atoms with Crippen molar-refractivity contribution in [3.8, 4) is 0 Å². The quantitative estimate of drug-likeness (QED) is 0.686. The summed E-state index contributed by atoms with van der Waals surface area (Å²) in [5.74, 6) is -0.627. The molecule has 0 amide bonds. The molecule has 0 radical (unpaired) electrons. The van der Waals surface area contributed by atoms with Gasteiger partial charge >= 0.3 is 5.97 Å². The summed E-state index contributed by atoms with van der Waals surface area (Å²) in [6, 6.07) is 0.0305. The van der Waals surface area contributed by atoms with Gasteiger partial charge in [0.2, 0.25) is 0 Å². The highest BCUT2D eigenvalue weighted by Crippen LogP contribution is 2.24. The summed E-state index contributed by atoms with van der Waals surface area (Å²) >= 11 is 0. The zero-order valence-corrected chi connectivity index (χ0v) is 13.6. The molecule has 1 unspecified atom stereocenters. The molecule has 21 heavy (non-hydrogen) atoms. The molecule has 122 valence electrons. The molecule has 0 saturated carbocycles. The Hall–Kier alpha value is -0.700. The van der Waals surface area contributed by atoms with Crippen LogP contribution < -0.4 is 5.32 Å². The summed E-state index contributed by atoms with van der Waals surface area (Å²) < 4.78 is 33.5. The smallest absolute Gasteiger partial charge is 0.310 e. The van der Waals surface area contributed by atoms with E-state index in [0.29, 0.717) is 45.6 Å². The number of hydrogen-bond acceptors (Lipinski definition) is 5. The first kappa shape index (κ1) is 16.7. The minimum absolute atomic E-state index is 0.0305. The van der Waals surface area contributed by atoms with Crippen LogP contribution in [0.4, 0.5) is 0 Å². The second kappa shape index (κ2) is 7.04. The summed E-state index contributed by atoms with van der Waals surface area (Å²) in [5.41, 5.74) is 0. The number of ether oxygens (including phenoxy) is 1. The normalized spacial score (nSPS) is 24.8. The van der Waals surface area contributed by atoms with Gasteiger partial charge in [0.1, 0.15) is 0 Å².